The van der Waals surface area contributed by atoms with Gasteiger partial charge in [-0.2, -0.15) is 23.3 Å². The summed E-state index contributed by atoms with van der Waals surface area (Å²) < 4.78 is 33.9. The first kappa shape index (κ1) is 17.7. The fraction of sp³-hybridized carbons (Fsp3) is 0.143. The number of aryl methyl sites for hydroxylation is 1. The van der Waals surface area contributed by atoms with E-state index in [-0.39, 0.29) is 11.6 Å². The van der Waals surface area contributed by atoms with Crippen molar-refractivity contribution in [1.29, 1.82) is 0 Å². The molecule has 5 rings (SSSR count). The quantitative estimate of drug-likeness (QED) is 0.488. The molecule has 0 N–H and O–H groups in total. The minimum absolute atomic E-state index is 0.151. The predicted octanol–water partition coefficient (Wildman–Crippen LogP) is 3.22. The van der Waals surface area contributed by atoms with Gasteiger partial charge < -0.3 is 4.18 Å². The molecule has 0 fully saturated rings. The lowest BCUT2D eigenvalue weighted by Crippen LogP contribution is -2.27. The van der Waals surface area contributed by atoms with Crippen molar-refractivity contribution >= 4 is 10.1 Å². The summed E-state index contributed by atoms with van der Waals surface area (Å²) in [5.74, 6) is -0.307. The molecule has 0 saturated carbocycles. The van der Waals surface area contributed by atoms with Gasteiger partial charge in [-0.15, -0.1) is 0 Å². The molecule has 1 unspecified atom stereocenters. The summed E-state index contributed by atoms with van der Waals surface area (Å²) in [5.41, 5.74) is 3.96. The Kier molecular flexibility index (Phi) is 4.02. The smallest absolute Gasteiger partial charge is 0.311 e. The van der Waals surface area contributed by atoms with Gasteiger partial charge in [0, 0.05) is 17.7 Å². The SMILES string of the molecule is Cc1nn(-c2ccccc2)c2c1C(c1cnn(-c3ccccc3)c1)CS(=O)(=O)O2. The Morgan fingerprint density at radius 1 is 1.00 bits per heavy atom. The number of para-hydroxylation sites is 2. The zero-order chi connectivity index (χ0) is 20.0. The van der Waals surface area contributed by atoms with Gasteiger partial charge in [-0.25, -0.2) is 4.68 Å². The molecule has 0 amide bonds. The first-order valence-corrected chi connectivity index (χ1v) is 10.8. The van der Waals surface area contributed by atoms with Gasteiger partial charge in [0.05, 0.1) is 29.0 Å². The normalized spacial score (nSPS) is 17.5. The molecule has 0 radical (unpaired) electrons. The average Bonchev–Trinajstić information content (AvgIpc) is 3.33. The summed E-state index contributed by atoms with van der Waals surface area (Å²) >= 11 is 0. The maximum Gasteiger partial charge on any atom is 0.311 e. The van der Waals surface area contributed by atoms with Crippen LogP contribution in [-0.4, -0.2) is 33.7 Å². The molecule has 8 heteroatoms. The molecule has 1 atom stereocenters. The first-order chi connectivity index (χ1) is 14.0. The van der Waals surface area contributed by atoms with Crippen molar-refractivity contribution in [2.75, 3.05) is 5.75 Å². The van der Waals surface area contributed by atoms with Crippen molar-refractivity contribution in [1.82, 2.24) is 19.6 Å². The largest absolute Gasteiger partial charge is 0.361 e. The summed E-state index contributed by atoms with van der Waals surface area (Å²) in [6.07, 6.45) is 3.57. The molecule has 0 spiro atoms. The highest BCUT2D eigenvalue weighted by Crippen LogP contribution is 2.41. The van der Waals surface area contributed by atoms with E-state index in [1.807, 2.05) is 73.8 Å². The first-order valence-electron chi connectivity index (χ1n) is 9.19. The van der Waals surface area contributed by atoms with Crippen molar-refractivity contribution in [3.63, 3.8) is 0 Å². The highest BCUT2D eigenvalue weighted by Gasteiger charge is 2.38. The van der Waals surface area contributed by atoms with Crippen LogP contribution in [-0.2, 0) is 10.1 Å². The Labute approximate surface area is 168 Å². The van der Waals surface area contributed by atoms with Crippen LogP contribution in [0.5, 0.6) is 5.88 Å². The molecule has 0 aliphatic carbocycles. The number of aromatic nitrogens is 4. The molecule has 4 aromatic rings. The van der Waals surface area contributed by atoms with Gasteiger partial charge in [0.15, 0.2) is 0 Å². The molecule has 2 aromatic heterocycles. The summed E-state index contributed by atoms with van der Waals surface area (Å²) in [4.78, 5) is 0. The van der Waals surface area contributed by atoms with Crippen molar-refractivity contribution in [3.8, 4) is 17.3 Å². The van der Waals surface area contributed by atoms with Crippen molar-refractivity contribution in [2.24, 2.45) is 0 Å². The third-order valence-electron chi connectivity index (χ3n) is 5.01. The Hall–Kier alpha value is -3.39. The minimum atomic E-state index is -3.76. The predicted molar refractivity (Wildman–Crippen MR) is 108 cm³/mol. The lowest BCUT2D eigenvalue weighted by atomic mass is 9.95. The fourth-order valence-electron chi connectivity index (χ4n) is 3.69. The molecular weight excluding hydrogens is 388 g/mol. The van der Waals surface area contributed by atoms with Crippen LogP contribution in [0.1, 0.15) is 22.7 Å². The van der Waals surface area contributed by atoms with Gasteiger partial charge in [-0.1, -0.05) is 36.4 Å². The van der Waals surface area contributed by atoms with E-state index in [0.29, 0.717) is 0 Å². The number of benzene rings is 2. The van der Waals surface area contributed by atoms with Crippen molar-refractivity contribution in [2.45, 2.75) is 12.8 Å². The van der Waals surface area contributed by atoms with E-state index in [2.05, 4.69) is 10.2 Å². The second-order valence-corrected chi connectivity index (χ2v) is 8.58. The zero-order valence-corrected chi connectivity index (χ0v) is 16.5. The molecule has 0 bridgehead atoms. The van der Waals surface area contributed by atoms with E-state index >= 15 is 0 Å². The van der Waals surface area contributed by atoms with Crippen LogP contribution in [0.15, 0.2) is 73.1 Å². The Morgan fingerprint density at radius 2 is 1.66 bits per heavy atom. The number of fused-ring (bicyclic) bond motifs is 1. The third kappa shape index (κ3) is 3.11. The van der Waals surface area contributed by atoms with Gasteiger partial charge in [0.2, 0.25) is 5.88 Å². The Bertz CT molecular complexity index is 1280. The van der Waals surface area contributed by atoms with Crippen LogP contribution in [0.3, 0.4) is 0 Å². The molecule has 0 saturated heterocycles. The number of hydrogen-bond acceptors (Lipinski definition) is 5. The standard InChI is InChI=1S/C21H18N4O3S/c1-15-20-19(16-12-22-24(13-16)17-8-4-2-5-9-17)14-29(26,27)28-21(20)25(23-15)18-10-6-3-7-11-18/h2-13,19H,14H2,1H3. The topological polar surface area (TPSA) is 79.0 Å². The number of hydrogen-bond donors (Lipinski definition) is 0. The molecule has 2 aromatic carbocycles. The van der Waals surface area contributed by atoms with Gasteiger partial charge in [0.25, 0.3) is 0 Å². The number of rotatable bonds is 3. The third-order valence-corrected chi connectivity index (χ3v) is 6.17. The van der Waals surface area contributed by atoms with Crippen molar-refractivity contribution in [3.05, 3.63) is 89.9 Å². The molecule has 3 heterocycles. The highest BCUT2D eigenvalue weighted by molar-refractivity contribution is 7.87. The molecule has 1 aliphatic rings. The molecule has 7 nitrogen and oxygen atoms in total. The van der Waals surface area contributed by atoms with E-state index in [1.165, 1.54) is 0 Å². The van der Waals surface area contributed by atoms with Gasteiger partial charge in [0.1, 0.15) is 0 Å². The van der Waals surface area contributed by atoms with Crippen LogP contribution in [0, 0.1) is 6.92 Å². The molecule has 29 heavy (non-hydrogen) atoms. The monoisotopic (exact) mass is 406 g/mol. The minimum Gasteiger partial charge on any atom is -0.361 e. The zero-order valence-electron chi connectivity index (χ0n) is 15.6. The Balaban J connectivity index is 1.64. The molecular formula is C21H18N4O3S. The van der Waals surface area contributed by atoms with Crippen LogP contribution >= 0.6 is 0 Å². The van der Waals surface area contributed by atoms with Crippen LogP contribution < -0.4 is 4.18 Å². The molecule has 1 aliphatic heterocycles. The van der Waals surface area contributed by atoms with Crippen LogP contribution in [0.4, 0.5) is 0 Å². The van der Waals surface area contributed by atoms with E-state index in [0.717, 1.165) is 28.2 Å². The van der Waals surface area contributed by atoms with Crippen LogP contribution in [0.25, 0.3) is 11.4 Å². The fourth-order valence-corrected chi connectivity index (χ4v) is 4.92. The molecule has 146 valence electrons. The van der Waals surface area contributed by atoms with Gasteiger partial charge in [-0.3, -0.25) is 0 Å². The highest BCUT2D eigenvalue weighted by atomic mass is 32.2. The maximum absolute atomic E-state index is 12.6. The van der Waals surface area contributed by atoms with E-state index in [9.17, 15) is 8.42 Å². The lowest BCUT2D eigenvalue weighted by molar-refractivity contribution is 0.446. The lowest BCUT2D eigenvalue weighted by Gasteiger charge is -2.23. The van der Waals surface area contributed by atoms with E-state index < -0.39 is 16.0 Å². The summed E-state index contributed by atoms with van der Waals surface area (Å²) in [5, 5.41) is 9.00. The Morgan fingerprint density at radius 3 is 2.34 bits per heavy atom. The number of nitrogens with zero attached hydrogens (tertiary/aromatic N) is 4. The average molecular weight is 406 g/mol. The van der Waals surface area contributed by atoms with Gasteiger partial charge in [-0.05, 0) is 36.8 Å². The second kappa shape index (κ2) is 6.59. The van der Waals surface area contributed by atoms with Crippen LogP contribution in [0.2, 0.25) is 0 Å². The van der Waals surface area contributed by atoms with E-state index in [1.54, 1.807) is 15.6 Å². The summed E-state index contributed by atoms with van der Waals surface area (Å²) in [7, 11) is -3.76. The second-order valence-electron chi connectivity index (χ2n) is 6.97. The van der Waals surface area contributed by atoms with E-state index in [4.69, 9.17) is 4.18 Å². The maximum atomic E-state index is 12.6. The summed E-state index contributed by atoms with van der Waals surface area (Å²) in [6.45, 7) is 1.87. The van der Waals surface area contributed by atoms with Crippen molar-refractivity contribution < 1.29 is 12.6 Å². The van der Waals surface area contributed by atoms with Gasteiger partial charge >= 0.3 is 10.1 Å². The summed E-state index contributed by atoms with van der Waals surface area (Å²) in [6, 6.07) is 19.1.